The second-order valence-corrected chi connectivity index (χ2v) is 7.23. The Morgan fingerprint density at radius 1 is 0.720 bits per heavy atom. The summed E-state index contributed by atoms with van der Waals surface area (Å²) in [6.45, 7) is 5.72. The first-order chi connectivity index (χ1) is 12.0. The molecule has 0 aromatic carbocycles. The summed E-state index contributed by atoms with van der Waals surface area (Å²) in [7, 11) is 0. The van der Waals surface area contributed by atoms with Crippen LogP contribution in [0.1, 0.15) is 111 Å². The van der Waals surface area contributed by atoms with Crippen molar-refractivity contribution in [1.29, 1.82) is 0 Å². The van der Waals surface area contributed by atoms with Gasteiger partial charge >= 0.3 is 11.9 Å². The van der Waals surface area contributed by atoms with Gasteiger partial charge in [-0.15, -0.1) is 0 Å². The summed E-state index contributed by atoms with van der Waals surface area (Å²) in [6.07, 6.45) is 14.5. The standard InChI is InChI=1S/C21H40O4/c1-4-6-8-10-11-13-15-17-19(16-14-12-9-7-5-2)21(24)25-20(23)18(3)22/h18-19,22H,4-17H2,1-3H3. The van der Waals surface area contributed by atoms with E-state index in [-0.39, 0.29) is 5.92 Å². The summed E-state index contributed by atoms with van der Waals surface area (Å²) in [5, 5.41) is 9.21. The number of aliphatic hydroxyl groups excluding tert-OH is 1. The van der Waals surface area contributed by atoms with E-state index in [1.165, 1.54) is 58.3 Å². The largest absolute Gasteiger partial charge is 0.391 e. The van der Waals surface area contributed by atoms with Crippen LogP contribution in [0.3, 0.4) is 0 Å². The minimum atomic E-state index is -1.24. The highest BCUT2D eigenvalue weighted by molar-refractivity contribution is 5.88. The van der Waals surface area contributed by atoms with Crippen molar-refractivity contribution in [2.75, 3.05) is 0 Å². The van der Waals surface area contributed by atoms with Crippen LogP contribution >= 0.6 is 0 Å². The third-order valence-corrected chi connectivity index (χ3v) is 4.69. The van der Waals surface area contributed by atoms with E-state index in [9.17, 15) is 14.7 Å². The Hall–Kier alpha value is -0.900. The maximum absolute atomic E-state index is 12.2. The third-order valence-electron chi connectivity index (χ3n) is 4.69. The summed E-state index contributed by atoms with van der Waals surface area (Å²) in [5.74, 6) is -1.49. The summed E-state index contributed by atoms with van der Waals surface area (Å²) in [6, 6.07) is 0. The van der Waals surface area contributed by atoms with Crippen LogP contribution in [0.2, 0.25) is 0 Å². The van der Waals surface area contributed by atoms with E-state index in [1.54, 1.807) is 0 Å². The smallest absolute Gasteiger partial charge is 0.342 e. The maximum atomic E-state index is 12.2. The van der Waals surface area contributed by atoms with Crippen molar-refractivity contribution in [2.24, 2.45) is 5.92 Å². The van der Waals surface area contributed by atoms with Gasteiger partial charge in [-0.1, -0.05) is 90.9 Å². The molecule has 0 aliphatic heterocycles. The molecule has 25 heavy (non-hydrogen) atoms. The van der Waals surface area contributed by atoms with Crippen LogP contribution in [-0.4, -0.2) is 23.1 Å². The van der Waals surface area contributed by atoms with Crippen molar-refractivity contribution >= 4 is 11.9 Å². The van der Waals surface area contributed by atoms with Gasteiger partial charge in [-0.2, -0.15) is 0 Å². The first-order valence-electron chi connectivity index (χ1n) is 10.5. The van der Waals surface area contributed by atoms with Gasteiger partial charge in [0.05, 0.1) is 5.92 Å². The molecule has 1 N–H and O–H groups in total. The molecule has 0 aliphatic rings. The van der Waals surface area contributed by atoms with Crippen molar-refractivity contribution in [1.82, 2.24) is 0 Å². The van der Waals surface area contributed by atoms with Gasteiger partial charge in [0.25, 0.3) is 0 Å². The lowest BCUT2D eigenvalue weighted by atomic mass is 9.94. The van der Waals surface area contributed by atoms with Crippen molar-refractivity contribution < 1.29 is 19.4 Å². The number of carbonyl (C=O) groups is 2. The fourth-order valence-corrected chi connectivity index (χ4v) is 2.99. The highest BCUT2D eigenvalue weighted by Gasteiger charge is 2.23. The van der Waals surface area contributed by atoms with E-state index in [2.05, 4.69) is 13.8 Å². The monoisotopic (exact) mass is 356 g/mol. The Balaban J connectivity index is 4.18. The molecule has 0 amide bonds. The number of hydrogen-bond donors (Lipinski definition) is 1. The van der Waals surface area contributed by atoms with Crippen molar-refractivity contribution in [3.05, 3.63) is 0 Å². The van der Waals surface area contributed by atoms with E-state index in [0.29, 0.717) is 0 Å². The Bertz CT molecular complexity index is 339. The van der Waals surface area contributed by atoms with E-state index in [4.69, 9.17) is 4.74 Å². The van der Waals surface area contributed by atoms with Crippen LogP contribution in [0.25, 0.3) is 0 Å². The molecule has 0 spiro atoms. The Labute approximate surface area is 154 Å². The summed E-state index contributed by atoms with van der Waals surface area (Å²) >= 11 is 0. The second-order valence-electron chi connectivity index (χ2n) is 7.23. The number of aliphatic hydroxyl groups is 1. The second kappa shape index (κ2) is 16.6. The van der Waals surface area contributed by atoms with Crippen LogP contribution in [0.4, 0.5) is 0 Å². The number of hydrogen-bond acceptors (Lipinski definition) is 4. The fraction of sp³-hybridized carbons (Fsp3) is 0.905. The normalized spacial score (nSPS) is 13.4. The zero-order chi connectivity index (χ0) is 18.9. The lowest BCUT2D eigenvalue weighted by Gasteiger charge is -2.16. The molecule has 0 heterocycles. The van der Waals surface area contributed by atoms with Gasteiger partial charge in [0.1, 0.15) is 6.10 Å². The zero-order valence-electron chi connectivity index (χ0n) is 16.7. The van der Waals surface area contributed by atoms with E-state index >= 15 is 0 Å². The topological polar surface area (TPSA) is 63.6 Å². The number of unbranched alkanes of at least 4 members (excludes halogenated alkanes) is 10. The van der Waals surface area contributed by atoms with Crippen LogP contribution in [-0.2, 0) is 14.3 Å². The molecule has 0 saturated heterocycles. The van der Waals surface area contributed by atoms with Crippen LogP contribution in [0, 0.1) is 5.92 Å². The minimum absolute atomic E-state index is 0.208. The zero-order valence-corrected chi connectivity index (χ0v) is 16.7. The maximum Gasteiger partial charge on any atom is 0.342 e. The highest BCUT2D eigenvalue weighted by atomic mass is 16.6. The van der Waals surface area contributed by atoms with E-state index in [1.807, 2.05) is 0 Å². The van der Waals surface area contributed by atoms with E-state index in [0.717, 1.165) is 38.5 Å². The third kappa shape index (κ3) is 14.0. The molecule has 148 valence electrons. The van der Waals surface area contributed by atoms with E-state index < -0.39 is 18.0 Å². The Kier molecular flexibility index (Phi) is 16.0. The predicted molar refractivity (Wildman–Crippen MR) is 102 cm³/mol. The number of ether oxygens (including phenoxy) is 1. The Morgan fingerprint density at radius 3 is 1.52 bits per heavy atom. The molecule has 0 bridgehead atoms. The van der Waals surface area contributed by atoms with Crippen molar-refractivity contribution in [3.8, 4) is 0 Å². The summed E-state index contributed by atoms with van der Waals surface area (Å²) < 4.78 is 4.83. The van der Waals surface area contributed by atoms with Gasteiger partial charge in [-0.3, -0.25) is 4.79 Å². The molecule has 0 aromatic heterocycles. The number of carbonyl (C=O) groups excluding carboxylic acids is 2. The minimum Gasteiger partial charge on any atom is -0.391 e. The van der Waals surface area contributed by atoms with Crippen LogP contribution < -0.4 is 0 Å². The molecule has 0 aromatic rings. The molecular formula is C21H40O4. The summed E-state index contributed by atoms with van der Waals surface area (Å²) in [4.78, 5) is 23.7. The molecule has 0 aliphatic carbocycles. The first-order valence-corrected chi connectivity index (χ1v) is 10.5. The van der Waals surface area contributed by atoms with Gasteiger partial charge in [0.2, 0.25) is 0 Å². The molecule has 2 unspecified atom stereocenters. The molecule has 4 nitrogen and oxygen atoms in total. The Morgan fingerprint density at radius 2 is 1.12 bits per heavy atom. The predicted octanol–water partition coefficient (Wildman–Crippen LogP) is 5.55. The van der Waals surface area contributed by atoms with Crippen LogP contribution in [0.15, 0.2) is 0 Å². The first kappa shape index (κ1) is 24.1. The van der Waals surface area contributed by atoms with Gasteiger partial charge in [-0.05, 0) is 19.8 Å². The van der Waals surface area contributed by atoms with Gasteiger partial charge in [0, 0.05) is 0 Å². The summed E-state index contributed by atoms with van der Waals surface area (Å²) in [5.41, 5.74) is 0. The highest BCUT2D eigenvalue weighted by Crippen LogP contribution is 2.21. The lowest BCUT2D eigenvalue weighted by molar-refractivity contribution is -0.168. The van der Waals surface area contributed by atoms with Gasteiger partial charge in [0.15, 0.2) is 0 Å². The number of rotatable bonds is 16. The van der Waals surface area contributed by atoms with Crippen molar-refractivity contribution in [2.45, 2.75) is 117 Å². The molecule has 0 fully saturated rings. The molecule has 0 rings (SSSR count). The lowest BCUT2D eigenvalue weighted by Crippen LogP contribution is -2.27. The van der Waals surface area contributed by atoms with Crippen LogP contribution in [0.5, 0.6) is 0 Å². The molecule has 0 saturated carbocycles. The average molecular weight is 357 g/mol. The van der Waals surface area contributed by atoms with Gasteiger partial charge < -0.3 is 9.84 Å². The molecular weight excluding hydrogens is 316 g/mol. The number of esters is 2. The van der Waals surface area contributed by atoms with Gasteiger partial charge in [-0.25, -0.2) is 4.79 Å². The van der Waals surface area contributed by atoms with Crippen molar-refractivity contribution in [3.63, 3.8) is 0 Å². The molecule has 4 heteroatoms. The quantitative estimate of drug-likeness (QED) is 0.223. The SMILES string of the molecule is CCCCCCCCCC(CCCCCCC)C(=O)OC(=O)C(C)O. The fourth-order valence-electron chi connectivity index (χ4n) is 2.99. The average Bonchev–Trinajstić information content (AvgIpc) is 2.58. The molecule has 2 atom stereocenters. The molecule has 0 radical (unpaired) electrons.